The zero-order chi connectivity index (χ0) is 15.1. The molecule has 0 aliphatic carbocycles. The number of carboxylic acids is 1. The maximum absolute atomic E-state index is 11.5. The first kappa shape index (κ1) is 15.6. The minimum absolute atomic E-state index is 0.477. The Balaban J connectivity index is 2.75. The number of amides is 1. The molecule has 1 aromatic rings. The Morgan fingerprint density at radius 3 is 2.45 bits per heavy atom. The molecule has 0 aliphatic heterocycles. The minimum Gasteiger partial charge on any atom is -0.493 e. The highest BCUT2D eigenvalue weighted by atomic mass is 16.5. The molecule has 0 fully saturated rings. The number of methoxy groups -OCH3 is 2. The van der Waals surface area contributed by atoms with Gasteiger partial charge in [0.05, 0.1) is 14.2 Å². The van der Waals surface area contributed by atoms with Gasteiger partial charge in [0.25, 0.3) is 0 Å². The standard InChI is InChI=1S/C14H17NO5/c1-9(14(17)18)15-13(16)7-5-10-4-6-11(19-2)12(8-10)20-3/h4-9H,1-3H3,(H,15,16)(H,17,18)/t9-/m0/s1. The molecular formula is C14H17NO5. The fourth-order valence-electron chi connectivity index (χ4n) is 1.45. The lowest BCUT2D eigenvalue weighted by molar-refractivity contribution is -0.140. The number of nitrogens with one attached hydrogen (secondary N) is 1. The predicted molar refractivity (Wildman–Crippen MR) is 73.8 cm³/mol. The number of hydrogen-bond donors (Lipinski definition) is 2. The lowest BCUT2D eigenvalue weighted by Gasteiger charge is -2.08. The molecular weight excluding hydrogens is 262 g/mol. The summed E-state index contributed by atoms with van der Waals surface area (Å²) in [6, 6.07) is 4.25. The van der Waals surface area contributed by atoms with Crippen LogP contribution in [0.1, 0.15) is 12.5 Å². The van der Waals surface area contributed by atoms with Gasteiger partial charge in [0, 0.05) is 6.08 Å². The molecule has 6 nitrogen and oxygen atoms in total. The Morgan fingerprint density at radius 1 is 1.25 bits per heavy atom. The largest absolute Gasteiger partial charge is 0.493 e. The van der Waals surface area contributed by atoms with Gasteiger partial charge in [-0.15, -0.1) is 0 Å². The summed E-state index contributed by atoms with van der Waals surface area (Å²) in [5.74, 6) is -0.421. The minimum atomic E-state index is -1.09. The van der Waals surface area contributed by atoms with Crippen LogP contribution in [0.2, 0.25) is 0 Å². The highest BCUT2D eigenvalue weighted by Crippen LogP contribution is 2.27. The molecule has 0 unspecified atom stereocenters. The maximum atomic E-state index is 11.5. The molecule has 0 saturated carbocycles. The van der Waals surface area contributed by atoms with Crippen molar-refractivity contribution in [2.45, 2.75) is 13.0 Å². The van der Waals surface area contributed by atoms with Crippen molar-refractivity contribution >= 4 is 18.0 Å². The molecule has 1 rings (SSSR count). The molecule has 20 heavy (non-hydrogen) atoms. The lowest BCUT2D eigenvalue weighted by Crippen LogP contribution is -2.37. The Bertz CT molecular complexity index is 524. The van der Waals surface area contributed by atoms with Gasteiger partial charge in [-0.2, -0.15) is 0 Å². The molecule has 0 heterocycles. The number of rotatable bonds is 6. The first-order valence-electron chi connectivity index (χ1n) is 5.91. The number of ether oxygens (including phenoxy) is 2. The smallest absolute Gasteiger partial charge is 0.325 e. The molecule has 0 saturated heterocycles. The van der Waals surface area contributed by atoms with Crippen molar-refractivity contribution in [1.29, 1.82) is 0 Å². The van der Waals surface area contributed by atoms with E-state index in [9.17, 15) is 9.59 Å². The Morgan fingerprint density at radius 2 is 1.90 bits per heavy atom. The van der Waals surface area contributed by atoms with Crippen molar-refractivity contribution in [2.24, 2.45) is 0 Å². The summed E-state index contributed by atoms with van der Waals surface area (Å²) < 4.78 is 10.2. The van der Waals surface area contributed by atoms with E-state index < -0.39 is 17.9 Å². The molecule has 2 N–H and O–H groups in total. The summed E-state index contributed by atoms with van der Waals surface area (Å²) in [4.78, 5) is 22.1. The third-order valence-corrected chi connectivity index (χ3v) is 2.56. The van der Waals surface area contributed by atoms with Gasteiger partial charge in [-0.1, -0.05) is 6.07 Å². The van der Waals surface area contributed by atoms with Crippen molar-refractivity contribution < 1.29 is 24.2 Å². The van der Waals surface area contributed by atoms with E-state index in [1.165, 1.54) is 27.2 Å². The van der Waals surface area contributed by atoms with Crippen LogP contribution in [0.3, 0.4) is 0 Å². The molecule has 6 heteroatoms. The number of carbonyl (C=O) groups is 2. The molecule has 0 aromatic heterocycles. The highest BCUT2D eigenvalue weighted by Gasteiger charge is 2.11. The van der Waals surface area contributed by atoms with Crippen molar-refractivity contribution in [3.8, 4) is 11.5 Å². The van der Waals surface area contributed by atoms with Crippen molar-refractivity contribution in [3.05, 3.63) is 29.8 Å². The van der Waals surface area contributed by atoms with Crippen molar-refractivity contribution in [2.75, 3.05) is 14.2 Å². The van der Waals surface area contributed by atoms with Crippen LogP contribution in [0.5, 0.6) is 11.5 Å². The van der Waals surface area contributed by atoms with Crippen LogP contribution in [0, 0.1) is 0 Å². The van der Waals surface area contributed by atoms with Gasteiger partial charge in [-0.3, -0.25) is 9.59 Å². The van der Waals surface area contributed by atoms with E-state index >= 15 is 0 Å². The van der Waals surface area contributed by atoms with Gasteiger partial charge in [0.2, 0.25) is 5.91 Å². The normalized spacial score (nSPS) is 11.9. The molecule has 0 spiro atoms. The Hall–Kier alpha value is -2.50. The first-order chi connectivity index (χ1) is 9.47. The summed E-state index contributed by atoms with van der Waals surface area (Å²) in [6.07, 6.45) is 2.83. The van der Waals surface area contributed by atoms with Crippen LogP contribution in [0.15, 0.2) is 24.3 Å². The van der Waals surface area contributed by atoms with Gasteiger partial charge in [-0.25, -0.2) is 0 Å². The number of hydrogen-bond acceptors (Lipinski definition) is 4. The van der Waals surface area contributed by atoms with Gasteiger partial charge in [0.15, 0.2) is 11.5 Å². The molecule has 0 bridgehead atoms. The Kier molecular flexibility index (Phi) is 5.58. The third kappa shape index (κ3) is 4.31. The molecule has 108 valence electrons. The average molecular weight is 279 g/mol. The van der Waals surface area contributed by atoms with Gasteiger partial charge in [-0.05, 0) is 30.7 Å². The van der Waals surface area contributed by atoms with E-state index in [0.717, 1.165) is 5.56 Å². The van der Waals surface area contributed by atoms with Crippen LogP contribution >= 0.6 is 0 Å². The summed E-state index contributed by atoms with van der Waals surface area (Å²) >= 11 is 0. The summed E-state index contributed by atoms with van der Waals surface area (Å²) in [6.45, 7) is 1.39. The van der Waals surface area contributed by atoms with Gasteiger partial charge < -0.3 is 19.9 Å². The zero-order valence-corrected chi connectivity index (χ0v) is 11.5. The predicted octanol–water partition coefficient (Wildman–Crippen LogP) is 1.31. The topological polar surface area (TPSA) is 84.9 Å². The molecule has 1 aromatic carbocycles. The molecule has 1 atom stereocenters. The van der Waals surface area contributed by atoms with Crippen LogP contribution < -0.4 is 14.8 Å². The fraction of sp³-hybridized carbons (Fsp3) is 0.286. The van der Waals surface area contributed by atoms with Crippen LogP contribution in [-0.4, -0.2) is 37.2 Å². The molecule has 1 amide bonds. The second kappa shape index (κ2) is 7.18. The number of carbonyl (C=O) groups excluding carboxylic acids is 1. The quantitative estimate of drug-likeness (QED) is 0.767. The number of carboxylic acid groups (broad SMARTS) is 1. The first-order valence-corrected chi connectivity index (χ1v) is 5.91. The van der Waals surface area contributed by atoms with Crippen LogP contribution in [-0.2, 0) is 9.59 Å². The number of aliphatic carboxylic acids is 1. The number of benzene rings is 1. The third-order valence-electron chi connectivity index (χ3n) is 2.56. The fourth-order valence-corrected chi connectivity index (χ4v) is 1.45. The van der Waals surface area contributed by atoms with E-state index in [2.05, 4.69) is 5.32 Å². The van der Waals surface area contributed by atoms with Crippen molar-refractivity contribution in [1.82, 2.24) is 5.32 Å². The second-order valence-electron chi connectivity index (χ2n) is 4.02. The maximum Gasteiger partial charge on any atom is 0.325 e. The summed E-state index contributed by atoms with van der Waals surface area (Å²) in [7, 11) is 3.06. The van der Waals surface area contributed by atoms with E-state index in [1.807, 2.05) is 0 Å². The van der Waals surface area contributed by atoms with Crippen LogP contribution in [0.25, 0.3) is 6.08 Å². The van der Waals surface area contributed by atoms with Gasteiger partial charge in [0.1, 0.15) is 6.04 Å². The van der Waals surface area contributed by atoms with E-state index in [0.29, 0.717) is 11.5 Å². The molecule has 0 aliphatic rings. The summed E-state index contributed by atoms with van der Waals surface area (Å²) in [5, 5.41) is 11.0. The average Bonchev–Trinajstić information content (AvgIpc) is 2.44. The molecule has 0 radical (unpaired) electrons. The zero-order valence-electron chi connectivity index (χ0n) is 11.5. The van der Waals surface area contributed by atoms with E-state index in [4.69, 9.17) is 14.6 Å². The SMILES string of the molecule is COc1ccc(C=CC(=O)N[C@@H](C)C(=O)O)cc1OC. The Labute approximate surface area is 117 Å². The van der Waals surface area contributed by atoms with Crippen molar-refractivity contribution in [3.63, 3.8) is 0 Å². The lowest BCUT2D eigenvalue weighted by atomic mass is 10.2. The van der Waals surface area contributed by atoms with E-state index in [1.54, 1.807) is 24.3 Å². The monoisotopic (exact) mass is 279 g/mol. The second-order valence-corrected chi connectivity index (χ2v) is 4.02. The highest BCUT2D eigenvalue weighted by molar-refractivity contribution is 5.94. The van der Waals surface area contributed by atoms with Crippen LogP contribution in [0.4, 0.5) is 0 Å². The van der Waals surface area contributed by atoms with E-state index in [-0.39, 0.29) is 0 Å². The van der Waals surface area contributed by atoms with Gasteiger partial charge >= 0.3 is 5.97 Å². The summed E-state index contributed by atoms with van der Waals surface area (Å²) in [5.41, 5.74) is 0.737.